The van der Waals surface area contributed by atoms with Gasteiger partial charge in [-0.25, -0.2) is 0 Å². The van der Waals surface area contributed by atoms with Crippen LogP contribution in [0.4, 0.5) is 0 Å². The van der Waals surface area contributed by atoms with Crippen LogP contribution in [0.25, 0.3) is 0 Å². The molecule has 0 atom stereocenters. The van der Waals surface area contributed by atoms with Crippen molar-refractivity contribution in [2.45, 2.75) is 13.3 Å². The maximum absolute atomic E-state index is 11.5. The number of ketones is 1. The maximum atomic E-state index is 11.5. The molecule has 1 aromatic rings. The van der Waals surface area contributed by atoms with E-state index in [2.05, 4.69) is 15.9 Å². The third-order valence-electron chi connectivity index (χ3n) is 2.04. The zero-order valence-corrected chi connectivity index (χ0v) is 9.47. The van der Waals surface area contributed by atoms with Crippen molar-refractivity contribution in [1.82, 2.24) is 0 Å². The summed E-state index contributed by atoms with van der Waals surface area (Å²) in [5.41, 5.74) is 6.67. The van der Waals surface area contributed by atoms with Crippen molar-refractivity contribution in [3.63, 3.8) is 0 Å². The summed E-state index contributed by atoms with van der Waals surface area (Å²) in [7, 11) is 0. The molecule has 0 radical (unpaired) electrons. The number of aromatic hydroxyl groups is 1. The Bertz CT molecular complexity index is 363. The third-order valence-corrected chi connectivity index (χ3v) is 3.04. The summed E-state index contributed by atoms with van der Waals surface area (Å²) in [6.45, 7) is 2.13. The summed E-state index contributed by atoms with van der Waals surface area (Å²) in [6, 6.07) is 3.12. The third kappa shape index (κ3) is 2.13. The van der Waals surface area contributed by atoms with E-state index in [4.69, 9.17) is 5.73 Å². The fourth-order valence-electron chi connectivity index (χ4n) is 1.24. The van der Waals surface area contributed by atoms with E-state index in [-0.39, 0.29) is 11.5 Å². The predicted octanol–water partition coefficient (Wildman–Crippen LogP) is 1.99. The molecular formula is C10H12BrNO2. The molecule has 0 saturated carbocycles. The molecule has 0 spiro atoms. The molecule has 0 saturated heterocycles. The second kappa shape index (κ2) is 4.57. The Labute approximate surface area is 91.1 Å². The van der Waals surface area contributed by atoms with Crippen LogP contribution >= 0.6 is 15.9 Å². The van der Waals surface area contributed by atoms with Gasteiger partial charge in [-0.1, -0.05) is 0 Å². The molecule has 0 unspecified atom stereocenters. The Morgan fingerprint density at radius 3 is 2.79 bits per heavy atom. The van der Waals surface area contributed by atoms with Crippen molar-refractivity contribution in [2.75, 3.05) is 6.54 Å². The van der Waals surface area contributed by atoms with Crippen LogP contribution < -0.4 is 5.73 Å². The smallest absolute Gasteiger partial charge is 0.164 e. The van der Waals surface area contributed by atoms with Gasteiger partial charge in [0.15, 0.2) is 5.78 Å². The summed E-state index contributed by atoms with van der Waals surface area (Å²) < 4.78 is 0.570. The molecule has 0 amide bonds. The minimum atomic E-state index is 0.00528. The van der Waals surface area contributed by atoms with Gasteiger partial charge < -0.3 is 10.8 Å². The number of carbonyl (C=O) groups excluding carboxylic acids is 1. The molecule has 1 rings (SSSR count). The maximum Gasteiger partial charge on any atom is 0.164 e. The van der Waals surface area contributed by atoms with Gasteiger partial charge in [0, 0.05) is 12.0 Å². The highest BCUT2D eigenvalue weighted by Gasteiger charge is 2.12. The molecule has 3 N–H and O–H groups in total. The number of halogens is 1. The SMILES string of the molecule is Cc1c(C(=O)CCN)ccc(O)c1Br. The molecule has 0 bridgehead atoms. The van der Waals surface area contributed by atoms with Crippen molar-refractivity contribution in [2.24, 2.45) is 5.73 Å². The zero-order chi connectivity index (χ0) is 10.7. The number of rotatable bonds is 3. The van der Waals surface area contributed by atoms with Crippen LogP contribution in [0.1, 0.15) is 22.3 Å². The topological polar surface area (TPSA) is 63.3 Å². The van der Waals surface area contributed by atoms with Crippen LogP contribution in [0.2, 0.25) is 0 Å². The fourth-order valence-corrected chi connectivity index (χ4v) is 1.58. The molecule has 0 aliphatic carbocycles. The average Bonchev–Trinajstić information content (AvgIpc) is 2.15. The number of benzene rings is 1. The molecule has 76 valence electrons. The van der Waals surface area contributed by atoms with Crippen molar-refractivity contribution in [3.05, 3.63) is 27.7 Å². The fraction of sp³-hybridized carbons (Fsp3) is 0.300. The number of nitrogens with two attached hydrogens (primary N) is 1. The first-order valence-corrected chi connectivity index (χ1v) is 5.08. The molecular weight excluding hydrogens is 246 g/mol. The van der Waals surface area contributed by atoms with E-state index in [1.54, 1.807) is 13.0 Å². The summed E-state index contributed by atoms with van der Waals surface area (Å²) in [6.07, 6.45) is 0.331. The van der Waals surface area contributed by atoms with E-state index in [0.29, 0.717) is 23.0 Å². The monoisotopic (exact) mass is 257 g/mol. The molecule has 3 nitrogen and oxygen atoms in total. The Morgan fingerprint density at radius 2 is 2.21 bits per heavy atom. The lowest BCUT2D eigenvalue weighted by molar-refractivity contribution is 0.0985. The second-order valence-electron chi connectivity index (χ2n) is 3.03. The second-order valence-corrected chi connectivity index (χ2v) is 3.83. The zero-order valence-electron chi connectivity index (χ0n) is 7.88. The van der Waals surface area contributed by atoms with Gasteiger partial charge in [-0.15, -0.1) is 0 Å². The van der Waals surface area contributed by atoms with Crippen LogP contribution in [0.5, 0.6) is 5.75 Å². The largest absolute Gasteiger partial charge is 0.507 e. The van der Waals surface area contributed by atoms with E-state index < -0.39 is 0 Å². The molecule has 1 aromatic carbocycles. The van der Waals surface area contributed by atoms with Gasteiger partial charge in [-0.05, 0) is 47.1 Å². The number of Topliss-reactive ketones (excluding diaryl/α,β-unsaturated/α-hetero) is 1. The minimum absolute atomic E-state index is 0.00528. The molecule has 0 fully saturated rings. The highest BCUT2D eigenvalue weighted by molar-refractivity contribution is 9.10. The van der Waals surface area contributed by atoms with Crippen molar-refractivity contribution >= 4 is 21.7 Å². The van der Waals surface area contributed by atoms with E-state index >= 15 is 0 Å². The lowest BCUT2D eigenvalue weighted by atomic mass is 10.0. The molecule has 0 heterocycles. The van der Waals surface area contributed by atoms with Crippen LogP contribution in [0.3, 0.4) is 0 Å². The van der Waals surface area contributed by atoms with Crippen molar-refractivity contribution < 1.29 is 9.90 Å². The van der Waals surface area contributed by atoms with Gasteiger partial charge in [-0.2, -0.15) is 0 Å². The lowest BCUT2D eigenvalue weighted by Crippen LogP contribution is -2.09. The van der Waals surface area contributed by atoms with Crippen molar-refractivity contribution in [1.29, 1.82) is 0 Å². The number of phenolic OH excluding ortho intramolecular Hbond substituents is 1. The van der Waals surface area contributed by atoms with Gasteiger partial charge in [-0.3, -0.25) is 4.79 Å². The molecule has 0 aliphatic heterocycles. The Kier molecular flexibility index (Phi) is 3.66. The number of hydrogen-bond donors (Lipinski definition) is 2. The van der Waals surface area contributed by atoms with E-state index in [9.17, 15) is 9.90 Å². The summed E-state index contributed by atoms with van der Waals surface area (Å²) >= 11 is 3.22. The van der Waals surface area contributed by atoms with Gasteiger partial charge in [0.2, 0.25) is 0 Å². The van der Waals surface area contributed by atoms with Crippen molar-refractivity contribution in [3.8, 4) is 5.75 Å². The Balaban J connectivity index is 3.11. The predicted molar refractivity (Wildman–Crippen MR) is 58.5 cm³/mol. The summed E-state index contributed by atoms with van der Waals surface area (Å²) in [5.74, 6) is 0.150. The first-order chi connectivity index (χ1) is 6.57. The highest BCUT2D eigenvalue weighted by atomic mass is 79.9. The van der Waals surface area contributed by atoms with Crippen LogP contribution in [0.15, 0.2) is 16.6 Å². The Morgan fingerprint density at radius 1 is 1.57 bits per heavy atom. The van der Waals surface area contributed by atoms with Gasteiger partial charge in [0.05, 0.1) is 4.47 Å². The number of phenols is 1. The first kappa shape index (κ1) is 11.2. The van der Waals surface area contributed by atoms with Gasteiger partial charge >= 0.3 is 0 Å². The highest BCUT2D eigenvalue weighted by Crippen LogP contribution is 2.29. The van der Waals surface area contributed by atoms with Crippen LogP contribution in [-0.2, 0) is 0 Å². The standard InChI is InChI=1S/C10H12BrNO2/c1-6-7(8(13)4-5-12)2-3-9(14)10(6)11/h2-3,14H,4-5,12H2,1H3. The van der Waals surface area contributed by atoms with Gasteiger partial charge in [0.25, 0.3) is 0 Å². The average molecular weight is 258 g/mol. The number of hydrogen-bond acceptors (Lipinski definition) is 3. The van der Waals surface area contributed by atoms with Crippen LogP contribution in [-0.4, -0.2) is 17.4 Å². The lowest BCUT2D eigenvalue weighted by Gasteiger charge is -2.07. The minimum Gasteiger partial charge on any atom is -0.507 e. The van der Waals surface area contributed by atoms with Crippen LogP contribution in [0, 0.1) is 6.92 Å². The number of carbonyl (C=O) groups is 1. The quantitative estimate of drug-likeness (QED) is 0.815. The summed E-state index contributed by atoms with van der Waals surface area (Å²) in [5, 5.41) is 9.35. The van der Waals surface area contributed by atoms with E-state index in [0.717, 1.165) is 5.56 Å². The summed E-state index contributed by atoms with van der Waals surface area (Å²) in [4.78, 5) is 11.5. The van der Waals surface area contributed by atoms with E-state index in [1.807, 2.05) is 0 Å². The molecule has 4 heteroatoms. The molecule has 0 aliphatic rings. The Hall–Kier alpha value is -0.870. The molecule has 0 aromatic heterocycles. The van der Waals surface area contributed by atoms with E-state index in [1.165, 1.54) is 6.07 Å². The van der Waals surface area contributed by atoms with Gasteiger partial charge in [0.1, 0.15) is 5.75 Å². The molecule has 14 heavy (non-hydrogen) atoms. The first-order valence-electron chi connectivity index (χ1n) is 4.29. The normalized spacial score (nSPS) is 10.2.